The molecule has 0 radical (unpaired) electrons. The Balaban J connectivity index is 3.12. The van der Waals surface area contributed by atoms with E-state index in [0.29, 0.717) is 0 Å². The monoisotopic (exact) mass is 310 g/mol. The standard InChI is InChI=1S/C13H14ClF3O3/c1-4-19-11(18)12(2,3)20-10-6-5-8(14)7-9(10)13(15,16)17/h5-7H,4H2,1-3H3. The van der Waals surface area contributed by atoms with E-state index in [1.807, 2.05) is 0 Å². The number of halogens is 4. The van der Waals surface area contributed by atoms with E-state index in [1.54, 1.807) is 6.92 Å². The van der Waals surface area contributed by atoms with Gasteiger partial charge in [0.05, 0.1) is 12.2 Å². The van der Waals surface area contributed by atoms with Crippen molar-refractivity contribution >= 4 is 17.6 Å². The minimum Gasteiger partial charge on any atom is -0.476 e. The van der Waals surface area contributed by atoms with E-state index in [0.717, 1.165) is 12.1 Å². The quantitative estimate of drug-likeness (QED) is 0.786. The Morgan fingerprint density at radius 2 is 1.90 bits per heavy atom. The molecule has 0 bridgehead atoms. The molecular formula is C13H14ClF3O3. The zero-order chi connectivity index (χ0) is 15.6. The fourth-order valence-corrected chi connectivity index (χ4v) is 1.61. The van der Waals surface area contributed by atoms with Crippen molar-refractivity contribution in [2.45, 2.75) is 32.5 Å². The van der Waals surface area contributed by atoms with Gasteiger partial charge in [-0.2, -0.15) is 13.2 Å². The molecular weight excluding hydrogens is 297 g/mol. The Labute approximate surface area is 119 Å². The van der Waals surface area contributed by atoms with Crippen LogP contribution >= 0.6 is 11.6 Å². The minimum atomic E-state index is -4.63. The van der Waals surface area contributed by atoms with E-state index in [4.69, 9.17) is 21.1 Å². The predicted molar refractivity (Wildman–Crippen MR) is 67.8 cm³/mol. The Hall–Kier alpha value is -1.43. The molecule has 0 saturated heterocycles. The predicted octanol–water partition coefficient (Wildman–Crippen LogP) is 4.08. The van der Waals surface area contributed by atoms with Gasteiger partial charge in [-0.25, -0.2) is 4.79 Å². The van der Waals surface area contributed by atoms with Crippen LogP contribution in [0.5, 0.6) is 5.75 Å². The van der Waals surface area contributed by atoms with Crippen LogP contribution < -0.4 is 4.74 Å². The lowest BCUT2D eigenvalue weighted by atomic mass is 10.1. The van der Waals surface area contributed by atoms with Crippen molar-refractivity contribution in [1.29, 1.82) is 0 Å². The summed E-state index contributed by atoms with van der Waals surface area (Å²) >= 11 is 5.56. The molecule has 0 fully saturated rings. The molecule has 0 heterocycles. The van der Waals surface area contributed by atoms with Crippen LogP contribution in [0.3, 0.4) is 0 Å². The van der Waals surface area contributed by atoms with Crippen LogP contribution in [0.25, 0.3) is 0 Å². The van der Waals surface area contributed by atoms with Gasteiger partial charge in [-0.3, -0.25) is 0 Å². The number of esters is 1. The topological polar surface area (TPSA) is 35.5 Å². The van der Waals surface area contributed by atoms with Gasteiger partial charge in [0.2, 0.25) is 0 Å². The highest BCUT2D eigenvalue weighted by atomic mass is 35.5. The van der Waals surface area contributed by atoms with Crippen molar-refractivity contribution in [2.24, 2.45) is 0 Å². The van der Waals surface area contributed by atoms with Gasteiger partial charge in [-0.05, 0) is 39.0 Å². The highest BCUT2D eigenvalue weighted by Gasteiger charge is 2.38. The molecule has 0 unspecified atom stereocenters. The Morgan fingerprint density at radius 1 is 1.30 bits per heavy atom. The fraction of sp³-hybridized carbons (Fsp3) is 0.462. The molecule has 1 rings (SSSR count). The molecule has 0 aromatic heterocycles. The van der Waals surface area contributed by atoms with Crippen LogP contribution in [0, 0.1) is 0 Å². The van der Waals surface area contributed by atoms with Crippen molar-refractivity contribution in [2.75, 3.05) is 6.61 Å². The highest BCUT2D eigenvalue weighted by molar-refractivity contribution is 6.30. The number of hydrogen-bond acceptors (Lipinski definition) is 3. The summed E-state index contributed by atoms with van der Waals surface area (Å²) in [5.74, 6) is -1.22. The van der Waals surface area contributed by atoms with Crippen molar-refractivity contribution in [1.82, 2.24) is 0 Å². The molecule has 0 aliphatic heterocycles. The smallest absolute Gasteiger partial charge is 0.420 e. The van der Waals surface area contributed by atoms with E-state index in [-0.39, 0.29) is 11.6 Å². The summed E-state index contributed by atoms with van der Waals surface area (Å²) in [5.41, 5.74) is -2.58. The van der Waals surface area contributed by atoms with E-state index < -0.39 is 29.1 Å². The molecule has 0 aliphatic carbocycles. The minimum absolute atomic E-state index is 0.0707. The van der Waals surface area contributed by atoms with Crippen molar-refractivity contribution < 1.29 is 27.4 Å². The number of hydrogen-bond donors (Lipinski definition) is 0. The maximum Gasteiger partial charge on any atom is 0.420 e. The zero-order valence-corrected chi connectivity index (χ0v) is 11.9. The van der Waals surface area contributed by atoms with E-state index in [2.05, 4.69) is 0 Å². The van der Waals surface area contributed by atoms with Gasteiger partial charge < -0.3 is 9.47 Å². The van der Waals surface area contributed by atoms with E-state index in [9.17, 15) is 18.0 Å². The number of rotatable bonds is 4. The lowest BCUT2D eigenvalue weighted by Crippen LogP contribution is -2.40. The first kappa shape index (κ1) is 16.6. The van der Waals surface area contributed by atoms with Gasteiger partial charge in [0.25, 0.3) is 0 Å². The highest BCUT2D eigenvalue weighted by Crippen LogP contribution is 2.39. The first-order valence-electron chi connectivity index (χ1n) is 5.81. The molecule has 1 aromatic carbocycles. The Kier molecular flexibility index (Phi) is 4.91. The first-order valence-corrected chi connectivity index (χ1v) is 6.18. The van der Waals surface area contributed by atoms with Crippen LogP contribution in [0.15, 0.2) is 18.2 Å². The summed E-state index contributed by atoms with van der Waals surface area (Å²) in [5, 5.41) is -0.0707. The van der Waals surface area contributed by atoms with Crippen LogP contribution in [-0.2, 0) is 15.7 Å². The summed E-state index contributed by atoms with van der Waals surface area (Å²) in [6, 6.07) is 3.08. The fourth-order valence-electron chi connectivity index (χ4n) is 1.43. The molecule has 112 valence electrons. The third-order valence-electron chi connectivity index (χ3n) is 2.38. The maximum absolute atomic E-state index is 12.9. The van der Waals surface area contributed by atoms with Gasteiger partial charge in [-0.1, -0.05) is 11.6 Å². The molecule has 0 amide bonds. The normalized spacial score (nSPS) is 12.2. The largest absolute Gasteiger partial charge is 0.476 e. The molecule has 1 aromatic rings. The van der Waals surface area contributed by atoms with E-state index in [1.165, 1.54) is 19.9 Å². The maximum atomic E-state index is 12.9. The Bertz CT molecular complexity index is 498. The summed E-state index contributed by atoms with van der Waals surface area (Å²) in [6.45, 7) is 4.37. The number of ether oxygens (including phenoxy) is 2. The molecule has 3 nitrogen and oxygen atoms in total. The lowest BCUT2D eigenvalue weighted by molar-refractivity contribution is -0.160. The summed E-state index contributed by atoms with van der Waals surface area (Å²) in [6.07, 6.45) is -4.63. The molecule has 0 aliphatic rings. The lowest BCUT2D eigenvalue weighted by Gasteiger charge is -2.26. The second-order valence-electron chi connectivity index (χ2n) is 4.47. The van der Waals surface area contributed by atoms with Gasteiger partial charge >= 0.3 is 12.1 Å². The van der Waals surface area contributed by atoms with Gasteiger partial charge in [0.15, 0.2) is 5.60 Å². The molecule has 0 spiro atoms. The van der Waals surface area contributed by atoms with Gasteiger partial charge in [-0.15, -0.1) is 0 Å². The second kappa shape index (κ2) is 5.91. The number of carbonyl (C=O) groups is 1. The average molecular weight is 311 g/mol. The van der Waals surface area contributed by atoms with Crippen molar-refractivity contribution in [3.63, 3.8) is 0 Å². The third kappa shape index (κ3) is 4.03. The molecule has 0 saturated carbocycles. The SMILES string of the molecule is CCOC(=O)C(C)(C)Oc1ccc(Cl)cc1C(F)(F)F. The van der Waals surface area contributed by atoms with Crippen molar-refractivity contribution in [3.8, 4) is 5.75 Å². The molecule has 7 heteroatoms. The van der Waals surface area contributed by atoms with Gasteiger partial charge in [0, 0.05) is 5.02 Å². The summed E-state index contributed by atoms with van der Waals surface area (Å²) in [4.78, 5) is 11.6. The molecule has 0 N–H and O–H groups in total. The zero-order valence-electron chi connectivity index (χ0n) is 11.2. The summed E-state index contributed by atoms with van der Waals surface area (Å²) < 4.78 is 48.6. The van der Waals surface area contributed by atoms with Crippen molar-refractivity contribution in [3.05, 3.63) is 28.8 Å². The number of alkyl halides is 3. The number of benzene rings is 1. The third-order valence-corrected chi connectivity index (χ3v) is 2.61. The second-order valence-corrected chi connectivity index (χ2v) is 4.91. The van der Waals surface area contributed by atoms with Crippen LogP contribution in [0.1, 0.15) is 26.3 Å². The molecule has 0 atom stereocenters. The molecule has 20 heavy (non-hydrogen) atoms. The van der Waals surface area contributed by atoms with Crippen LogP contribution in [-0.4, -0.2) is 18.2 Å². The average Bonchev–Trinajstić information content (AvgIpc) is 2.30. The Morgan fingerprint density at radius 3 is 2.40 bits per heavy atom. The first-order chi connectivity index (χ1) is 9.08. The van der Waals surface area contributed by atoms with Crippen LogP contribution in [0.4, 0.5) is 13.2 Å². The van der Waals surface area contributed by atoms with Crippen LogP contribution in [0.2, 0.25) is 5.02 Å². The summed E-state index contributed by atoms with van der Waals surface area (Å²) in [7, 11) is 0. The number of carbonyl (C=O) groups excluding carboxylic acids is 1. The van der Waals surface area contributed by atoms with E-state index >= 15 is 0 Å². The van der Waals surface area contributed by atoms with Gasteiger partial charge in [0.1, 0.15) is 5.75 Å².